The van der Waals surface area contributed by atoms with Crippen LogP contribution in [0, 0.1) is 0 Å². The van der Waals surface area contributed by atoms with Crippen LogP contribution >= 0.6 is 39.1 Å². The van der Waals surface area contributed by atoms with E-state index in [2.05, 4.69) is 15.9 Å². The van der Waals surface area contributed by atoms with Gasteiger partial charge in [-0.2, -0.15) is 0 Å². The van der Waals surface area contributed by atoms with E-state index in [1.54, 1.807) is 36.4 Å². The highest BCUT2D eigenvalue weighted by Gasteiger charge is 2.16. The first-order valence-electron chi connectivity index (χ1n) is 5.35. The van der Waals surface area contributed by atoms with Crippen LogP contribution in [0.15, 0.2) is 40.9 Å². The van der Waals surface area contributed by atoms with Crippen molar-refractivity contribution < 1.29 is 9.53 Å². The first kappa shape index (κ1) is 14.4. The lowest BCUT2D eigenvalue weighted by Crippen LogP contribution is -2.04. The monoisotopic (exact) mass is 358 g/mol. The second-order valence-electron chi connectivity index (χ2n) is 3.83. The molecule has 0 spiro atoms. The van der Waals surface area contributed by atoms with E-state index in [1.165, 1.54) is 7.11 Å². The molecule has 98 valence electrons. The number of benzene rings is 2. The minimum Gasteiger partial charge on any atom is -0.496 e. The summed E-state index contributed by atoms with van der Waals surface area (Å²) < 4.78 is 5.92. The van der Waals surface area contributed by atoms with Crippen molar-refractivity contribution in [3.8, 4) is 5.75 Å². The van der Waals surface area contributed by atoms with Crippen LogP contribution in [0.4, 0.5) is 0 Å². The molecule has 2 rings (SSSR count). The summed E-state index contributed by atoms with van der Waals surface area (Å²) in [6.07, 6.45) is 0. The van der Waals surface area contributed by atoms with E-state index >= 15 is 0 Å². The SMILES string of the molecule is COc1ccc(Cl)cc1C(=O)c1cc(Cl)cc(Br)c1. The van der Waals surface area contributed by atoms with Crippen molar-refractivity contribution in [2.45, 2.75) is 0 Å². The Morgan fingerprint density at radius 1 is 1.11 bits per heavy atom. The number of halogens is 3. The summed E-state index contributed by atoms with van der Waals surface area (Å²) >= 11 is 15.2. The van der Waals surface area contributed by atoms with Crippen molar-refractivity contribution in [1.29, 1.82) is 0 Å². The average molecular weight is 360 g/mol. The molecule has 0 fully saturated rings. The van der Waals surface area contributed by atoms with Crippen molar-refractivity contribution in [3.05, 3.63) is 62.0 Å². The zero-order valence-corrected chi connectivity index (χ0v) is 13.0. The third-order valence-electron chi connectivity index (χ3n) is 2.53. The van der Waals surface area contributed by atoms with Gasteiger partial charge in [0.25, 0.3) is 0 Å². The minimum absolute atomic E-state index is 0.192. The van der Waals surface area contributed by atoms with Gasteiger partial charge in [-0.1, -0.05) is 39.1 Å². The Balaban J connectivity index is 2.52. The van der Waals surface area contributed by atoms with Gasteiger partial charge in [0.1, 0.15) is 5.75 Å². The topological polar surface area (TPSA) is 26.3 Å². The number of carbonyl (C=O) groups is 1. The van der Waals surface area contributed by atoms with Crippen LogP contribution in [0.3, 0.4) is 0 Å². The maximum Gasteiger partial charge on any atom is 0.196 e. The highest BCUT2D eigenvalue weighted by molar-refractivity contribution is 9.10. The lowest BCUT2D eigenvalue weighted by atomic mass is 10.0. The van der Waals surface area contributed by atoms with E-state index < -0.39 is 0 Å². The second-order valence-corrected chi connectivity index (χ2v) is 5.62. The largest absolute Gasteiger partial charge is 0.496 e. The first-order valence-corrected chi connectivity index (χ1v) is 6.90. The van der Waals surface area contributed by atoms with Gasteiger partial charge in [0, 0.05) is 20.1 Å². The Labute approximate surface area is 129 Å². The van der Waals surface area contributed by atoms with E-state index in [0.29, 0.717) is 26.9 Å². The van der Waals surface area contributed by atoms with Crippen molar-refractivity contribution in [1.82, 2.24) is 0 Å². The number of ketones is 1. The van der Waals surface area contributed by atoms with Crippen LogP contribution in [-0.2, 0) is 0 Å². The summed E-state index contributed by atoms with van der Waals surface area (Å²) in [5, 5.41) is 0.962. The molecule has 2 aromatic carbocycles. The van der Waals surface area contributed by atoms with Gasteiger partial charge in [-0.3, -0.25) is 4.79 Å². The van der Waals surface area contributed by atoms with Crippen molar-refractivity contribution in [3.63, 3.8) is 0 Å². The van der Waals surface area contributed by atoms with Crippen LogP contribution < -0.4 is 4.74 Å². The zero-order chi connectivity index (χ0) is 14.0. The molecule has 0 atom stereocenters. The molecule has 0 unspecified atom stereocenters. The third kappa shape index (κ3) is 3.30. The van der Waals surface area contributed by atoms with E-state index in [0.717, 1.165) is 4.47 Å². The molecule has 0 aromatic heterocycles. The predicted molar refractivity (Wildman–Crippen MR) is 80.6 cm³/mol. The van der Waals surface area contributed by atoms with Crippen molar-refractivity contribution in [2.24, 2.45) is 0 Å². The van der Waals surface area contributed by atoms with Gasteiger partial charge in [-0.05, 0) is 36.4 Å². The molecular formula is C14H9BrCl2O2. The number of hydrogen-bond donors (Lipinski definition) is 0. The summed E-state index contributed by atoms with van der Waals surface area (Å²) in [5.41, 5.74) is 0.879. The maximum atomic E-state index is 12.5. The molecule has 2 aromatic rings. The fourth-order valence-corrected chi connectivity index (χ4v) is 2.73. The van der Waals surface area contributed by atoms with Crippen LogP contribution in [0.25, 0.3) is 0 Å². The molecule has 0 heterocycles. The molecule has 0 saturated carbocycles. The highest BCUT2D eigenvalue weighted by Crippen LogP contribution is 2.27. The molecule has 0 amide bonds. The second kappa shape index (κ2) is 5.95. The van der Waals surface area contributed by atoms with Gasteiger partial charge in [-0.15, -0.1) is 0 Å². The summed E-state index contributed by atoms with van der Waals surface area (Å²) in [4.78, 5) is 12.5. The molecule has 0 aliphatic rings. The third-order valence-corrected chi connectivity index (χ3v) is 3.44. The quantitative estimate of drug-likeness (QED) is 0.721. The van der Waals surface area contributed by atoms with Crippen LogP contribution in [0.1, 0.15) is 15.9 Å². The van der Waals surface area contributed by atoms with Gasteiger partial charge >= 0.3 is 0 Å². The number of ether oxygens (including phenoxy) is 1. The van der Waals surface area contributed by atoms with Gasteiger partial charge < -0.3 is 4.74 Å². The predicted octanol–water partition coefficient (Wildman–Crippen LogP) is 5.00. The fraction of sp³-hybridized carbons (Fsp3) is 0.0714. The van der Waals surface area contributed by atoms with Gasteiger partial charge in [0.2, 0.25) is 0 Å². The van der Waals surface area contributed by atoms with Crippen LogP contribution in [0.5, 0.6) is 5.75 Å². The Hall–Kier alpha value is -1.03. The first-order chi connectivity index (χ1) is 9.01. The molecule has 2 nitrogen and oxygen atoms in total. The smallest absolute Gasteiger partial charge is 0.196 e. The Bertz CT molecular complexity index is 621. The number of hydrogen-bond acceptors (Lipinski definition) is 2. The molecule has 5 heteroatoms. The minimum atomic E-state index is -0.192. The van der Waals surface area contributed by atoms with Gasteiger partial charge in [0.05, 0.1) is 12.7 Å². The molecule has 0 aliphatic carbocycles. The van der Waals surface area contributed by atoms with Crippen molar-refractivity contribution in [2.75, 3.05) is 7.11 Å². The zero-order valence-electron chi connectivity index (χ0n) is 9.91. The van der Waals surface area contributed by atoms with Gasteiger partial charge in [0.15, 0.2) is 5.78 Å². The summed E-state index contributed by atoms with van der Waals surface area (Å²) in [5.74, 6) is 0.285. The van der Waals surface area contributed by atoms with E-state index in [-0.39, 0.29) is 5.78 Å². The summed E-state index contributed by atoms with van der Waals surface area (Å²) in [6.45, 7) is 0. The Kier molecular flexibility index (Phi) is 4.50. The fourth-order valence-electron chi connectivity index (χ4n) is 1.70. The number of rotatable bonds is 3. The molecular weight excluding hydrogens is 351 g/mol. The van der Waals surface area contributed by atoms with E-state index in [1.807, 2.05) is 0 Å². The van der Waals surface area contributed by atoms with Crippen molar-refractivity contribution >= 4 is 44.9 Å². The average Bonchev–Trinajstić information content (AvgIpc) is 2.36. The van der Waals surface area contributed by atoms with E-state index in [4.69, 9.17) is 27.9 Å². The molecule has 0 radical (unpaired) electrons. The maximum absolute atomic E-state index is 12.5. The van der Waals surface area contributed by atoms with E-state index in [9.17, 15) is 4.79 Å². The number of carbonyl (C=O) groups excluding carboxylic acids is 1. The molecule has 19 heavy (non-hydrogen) atoms. The summed E-state index contributed by atoms with van der Waals surface area (Å²) in [7, 11) is 1.51. The van der Waals surface area contributed by atoms with Crippen LogP contribution in [-0.4, -0.2) is 12.9 Å². The normalized spacial score (nSPS) is 10.3. The van der Waals surface area contributed by atoms with Gasteiger partial charge in [-0.25, -0.2) is 0 Å². The molecule has 0 saturated heterocycles. The standard InChI is InChI=1S/C14H9BrCl2O2/c1-19-13-3-2-10(16)7-12(13)14(18)8-4-9(15)6-11(17)5-8/h2-7H,1H3. The lowest BCUT2D eigenvalue weighted by molar-refractivity contribution is 0.103. The Morgan fingerprint density at radius 2 is 1.84 bits per heavy atom. The highest BCUT2D eigenvalue weighted by atomic mass is 79.9. The molecule has 0 N–H and O–H groups in total. The molecule has 0 aliphatic heterocycles. The summed E-state index contributed by atoms with van der Waals surface area (Å²) in [6, 6.07) is 9.94. The molecule has 0 bridgehead atoms. The number of methoxy groups -OCH3 is 1. The lowest BCUT2D eigenvalue weighted by Gasteiger charge is -2.08. The Morgan fingerprint density at radius 3 is 2.47 bits per heavy atom. The van der Waals surface area contributed by atoms with Crippen LogP contribution in [0.2, 0.25) is 10.0 Å².